The number of para-hydroxylation sites is 1. The molecule has 0 saturated carbocycles. The number of benzene rings is 1. The fourth-order valence-corrected chi connectivity index (χ4v) is 1.00. The van der Waals surface area contributed by atoms with Gasteiger partial charge in [0.25, 0.3) is 0 Å². The monoisotopic (exact) mass is 196 g/mol. The van der Waals surface area contributed by atoms with Crippen molar-refractivity contribution in [2.45, 2.75) is 13.0 Å². The fourth-order valence-electron chi connectivity index (χ4n) is 1.00. The van der Waals surface area contributed by atoms with Crippen LogP contribution in [-0.4, -0.2) is 28.9 Å². The third-order valence-electron chi connectivity index (χ3n) is 1.70. The average Bonchev–Trinajstić information content (AvgIpc) is 2.18. The molecule has 0 aromatic heterocycles. The lowest BCUT2D eigenvalue weighted by Crippen LogP contribution is -2.17. The smallest absolute Gasteiger partial charge is 0.339 e. The summed E-state index contributed by atoms with van der Waals surface area (Å²) in [7, 11) is 0. The largest absolute Gasteiger partial charge is 0.487 e. The van der Waals surface area contributed by atoms with Gasteiger partial charge in [-0.1, -0.05) is 12.1 Å². The summed E-state index contributed by atoms with van der Waals surface area (Å²) < 4.78 is 5.23. The average molecular weight is 196 g/mol. The SMILES string of the molecule is C[C@@H](CO)Oc1ccccc1C(=O)O. The van der Waals surface area contributed by atoms with Crippen LogP contribution in [-0.2, 0) is 0 Å². The Kier molecular flexibility index (Phi) is 3.48. The lowest BCUT2D eigenvalue weighted by molar-refractivity contribution is 0.0684. The van der Waals surface area contributed by atoms with Gasteiger partial charge in [-0.15, -0.1) is 0 Å². The molecule has 0 aliphatic heterocycles. The van der Waals surface area contributed by atoms with Crippen LogP contribution in [0.2, 0.25) is 0 Å². The Bertz CT molecular complexity index is 322. The quantitative estimate of drug-likeness (QED) is 0.757. The van der Waals surface area contributed by atoms with Crippen LogP contribution in [0.1, 0.15) is 17.3 Å². The highest BCUT2D eigenvalue weighted by molar-refractivity contribution is 5.90. The van der Waals surface area contributed by atoms with E-state index in [4.69, 9.17) is 14.9 Å². The van der Waals surface area contributed by atoms with Crippen LogP contribution in [0.25, 0.3) is 0 Å². The molecule has 0 heterocycles. The summed E-state index contributed by atoms with van der Waals surface area (Å²) in [4.78, 5) is 10.7. The van der Waals surface area contributed by atoms with Gasteiger partial charge in [0, 0.05) is 0 Å². The van der Waals surface area contributed by atoms with E-state index in [0.717, 1.165) is 0 Å². The van der Waals surface area contributed by atoms with Gasteiger partial charge >= 0.3 is 5.97 Å². The second-order valence-corrected chi connectivity index (χ2v) is 2.91. The molecular formula is C10H12O4. The zero-order valence-corrected chi connectivity index (χ0v) is 7.80. The van der Waals surface area contributed by atoms with Crippen LogP contribution in [0.5, 0.6) is 5.75 Å². The first-order chi connectivity index (χ1) is 6.65. The molecule has 4 heteroatoms. The summed E-state index contributed by atoms with van der Waals surface area (Å²) in [6.45, 7) is 1.52. The highest BCUT2D eigenvalue weighted by atomic mass is 16.5. The summed E-state index contributed by atoms with van der Waals surface area (Å²) in [6.07, 6.45) is -0.407. The Hall–Kier alpha value is -1.55. The molecule has 0 aliphatic rings. The predicted octanol–water partition coefficient (Wildman–Crippen LogP) is 1.14. The Morgan fingerprint density at radius 3 is 2.71 bits per heavy atom. The van der Waals surface area contributed by atoms with Crippen molar-refractivity contribution in [2.75, 3.05) is 6.61 Å². The van der Waals surface area contributed by atoms with E-state index in [0.29, 0.717) is 0 Å². The maximum absolute atomic E-state index is 10.7. The highest BCUT2D eigenvalue weighted by Crippen LogP contribution is 2.18. The Labute approximate surface area is 81.8 Å². The third kappa shape index (κ3) is 2.47. The fraction of sp³-hybridized carbons (Fsp3) is 0.300. The Morgan fingerprint density at radius 1 is 1.50 bits per heavy atom. The van der Waals surface area contributed by atoms with E-state index in [2.05, 4.69) is 0 Å². The second kappa shape index (κ2) is 4.62. The topological polar surface area (TPSA) is 66.8 Å². The van der Waals surface area contributed by atoms with Crippen LogP contribution >= 0.6 is 0 Å². The molecule has 0 saturated heterocycles. The van der Waals surface area contributed by atoms with Gasteiger partial charge in [-0.3, -0.25) is 0 Å². The van der Waals surface area contributed by atoms with E-state index in [1.165, 1.54) is 6.07 Å². The highest BCUT2D eigenvalue weighted by Gasteiger charge is 2.11. The van der Waals surface area contributed by atoms with Crippen LogP contribution in [0.4, 0.5) is 0 Å². The first-order valence-corrected chi connectivity index (χ1v) is 4.25. The minimum atomic E-state index is -1.04. The Morgan fingerprint density at radius 2 is 2.14 bits per heavy atom. The summed E-state index contributed by atoms with van der Waals surface area (Å²) in [6, 6.07) is 6.34. The molecule has 0 spiro atoms. The summed E-state index contributed by atoms with van der Waals surface area (Å²) in [5.74, 6) is -0.757. The maximum atomic E-state index is 10.7. The van der Waals surface area contributed by atoms with Gasteiger partial charge in [0.15, 0.2) is 0 Å². The van der Waals surface area contributed by atoms with Crippen molar-refractivity contribution in [3.05, 3.63) is 29.8 Å². The minimum absolute atomic E-state index is 0.104. The number of carbonyl (C=O) groups is 1. The molecule has 14 heavy (non-hydrogen) atoms. The Balaban J connectivity index is 2.90. The molecule has 1 aromatic rings. The van der Waals surface area contributed by atoms with Crippen LogP contribution in [0.3, 0.4) is 0 Å². The van der Waals surface area contributed by atoms with E-state index >= 15 is 0 Å². The van der Waals surface area contributed by atoms with Crippen LogP contribution in [0, 0.1) is 0 Å². The van der Waals surface area contributed by atoms with Gasteiger partial charge in [0.05, 0.1) is 6.61 Å². The minimum Gasteiger partial charge on any atom is -0.487 e. The number of aliphatic hydroxyl groups excluding tert-OH is 1. The van der Waals surface area contributed by atoms with Crippen molar-refractivity contribution in [1.82, 2.24) is 0 Å². The van der Waals surface area contributed by atoms with Crippen molar-refractivity contribution in [2.24, 2.45) is 0 Å². The molecule has 0 aliphatic carbocycles. The number of ether oxygens (including phenoxy) is 1. The van der Waals surface area contributed by atoms with Crippen LogP contribution < -0.4 is 4.74 Å². The molecule has 76 valence electrons. The number of hydrogen-bond donors (Lipinski definition) is 2. The molecule has 0 radical (unpaired) electrons. The normalized spacial score (nSPS) is 12.1. The standard InChI is InChI=1S/C10H12O4/c1-7(6-11)14-9-5-3-2-4-8(9)10(12)13/h2-5,7,11H,6H2,1H3,(H,12,13)/t7-/m0/s1. The lowest BCUT2D eigenvalue weighted by atomic mass is 10.2. The van der Waals surface area contributed by atoms with Gasteiger partial charge in [0.2, 0.25) is 0 Å². The molecule has 0 amide bonds. The zero-order valence-electron chi connectivity index (χ0n) is 7.80. The van der Waals surface area contributed by atoms with Gasteiger partial charge in [0.1, 0.15) is 17.4 Å². The zero-order chi connectivity index (χ0) is 10.6. The molecule has 1 rings (SSSR count). The molecule has 1 aromatic carbocycles. The molecule has 4 nitrogen and oxygen atoms in total. The van der Waals surface area contributed by atoms with Crippen molar-refractivity contribution >= 4 is 5.97 Å². The number of aromatic carboxylic acids is 1. The first-order valence-electron chi connectivity index (χ1n) is 4.25. The van der Waals surface area contributed by atoms with Gasteiger partial charge in [-0.05, 0) is 19.1 Å². The lowest BCUT2D eigenvalue weighted by Gasteiger charge is -2.13. The van der Waals surface area contributed by atoms with Crippen molar-refractivity contribution < 1.29 is 19.7 Å². The van der Waals surface area contributed by atoms with E-state index in [1.807, 2.05) is 0 Å². The molecule has 1 atom stereocenters. The molecule has 0 fully saturated rings. The van der Waals surface area contributed by atoms with Gasteiger partial charge in [-0.25, -0.2) is 4.79 Å². The van der Waals surface area contributed by atoms with E-state index in [9.17, 15) is 4.79 Å². The number of rotatable bonds is 4. The summed E-state index contributed by atoms with van der Waals surface area (Å²) >= 11 is 0. The summed E-state index contributed by atoms with van der Waals surface area (Å²) in [5.41, 5.74) is 0.104. The number of carboxylic acids is 1. The van der Waals surface area contributed by atoms with E-state index < -0.39 is 12.1 Å². The molecule has 2 N–H and O–H groups in total. The molecular weight excluding hydrogens is 184 g/mol. The number of carboxylic acid groups (broad SMARTS) is 1. The second-order valence-electron chi connectivity index (χ2n) is 2.91. The number of hydrogen-bond acceptors (Lipinski definition) is 3. The molecule has 0 unspecified atom stereocenters. The van der Waals surface area contributed by atoms with Crippen molar-refractivity contribution in [3.8, 4) is 5.75 Å². The first kappa shape index (κ1) is 10.5. The van der Waals surface area contributed by atoms with Crippen molar-refractivity contribution in [1.29, 1.82) is 0 Å². The van der Waals surface area contributed by atoms with Crippen molar-refractivity contribution in [3.63, 3.8) is 0 Å². The van der Waals surface area contributed by atoms with Crippen LogP contribution in [0.15, 0.2) is 24.3 Å². The third-order valence-corrected chi connectivity index (χ3v) is 1.70. The predicted molar refractivity (Wildman–Crippen MR) is 50.6 cm³/mol. The van der Waals surface area contributed by atoms with Gasteiger partial charge < -0.3 is 14.9 Å². The molecule has 0 bridgehead atoms. The van der Waals surface area contributed by atoms with E-state index in [1.54, 1.807) is 25.1 Å². The van der Waals surface area contributed by atoms with E-state index in [-0.39, 0.29) is 17.9 Å². The maximum Gasteiger partial charge on any atom is 0.339 e. The number of aliphatic hydroxyl groups is 1. The van der Waals surface area contributed by atoms with Gasteiger partial charge in [-0.2, -0.15) is 0 Å². The summed E-state index contributed by atoms with van der Waals surface area (Å²) in [5, 5.41) is 17.6.